The summed E-state index contributed by atoms with van der Waals surface area (Å²) in [7, 11) is 0. The summed E-state index contributed by atoms with van der Waals surface area (Å²) in [6.07, 6.45) is 0. The standard InChI is InChI=1S/C13H11ClF2N2/c14-9-4-1-3-8(7-9)13(18-17)10-5-2-6-11(15)12(10)16/h1-7,13,18H,17H2. The number of benzene rings is 2. The average molecular weight is 269 g/mol. The summed E-state index contributed by atoms with van der Waals surface area (Å²) in [5.74, 6) is 3.60. The molecule has 0 spiro atoms. The normalized spacial score (nSPS) is 12.4. The highest BCUT2D eigenvalue weighted by molar-refractivity contribution is 6.30. The lowest BCUT2D eigenvalue weighted by Crippen LogP contribution is -2.29. The summed E-state index contributed by atoms with van der Waals surface area (Å²) in [5.41, 5.74) is 3.26. The van der Waals surface area contributed by atoms with Gasteiger partial charge in [-0.15, -0.1) is 0 Å². The molecule has 0 saturated heterocycles. The van der Waals surface area contributed by atoms with Crippen LogP contribution in [0, 0.1) is 11.6 Å². The highest BCUT2D eigenvalue weighted by Gasteiger charge is 2.18. The van der Waals surface area contributed by atoms with E-state index in [0.717, 1.165) is 6.07 Å². The monoisotopic (exact) mass is 268 g/mol. The van der Waals surface area contributed by atoms with Crippen LogP contribution in [0.1, 0.15) is 17.2 Å². The first kappa shape index (κ1) is 13.0. The first-order valence-electron chi connectivity index (χ1n) is 5.29. The van der Waals surface area contributed by atoms with Crippen LogP contribution in [0.4, 0.5) is 8.78 Å². The number of hydrogen-bond acceptors (Lipinski definition) is 2. The summed E-state index contributed by atoms with van der Waals surface area (Å²) < 4.78 is 26.9. The maximum Gasteiger partial charge on any atom is 0.163 e. The van der Waals surface area contributed by atoms with E-state index in [0.29, 0.717) is 10.6 Å². The van der Waals surface area contributed by atoms with E-state index in [-0.39, 0.29) is 5.56 Å². The second-order valence-corrected chi connectivity index (χ2v) is 4.23. The zero-order valence-electron chi connectivity index (χ0n) is 9.33. The first-order chi connectivity index (χ1) is 8.63. The van der Waals surface area contributed by atoms with Gasteiger partial charge in [-0.05, 0) is 23.8 Å². The van der Waals surface area contributed by atoms with Crippen molar-refractivity contribution in [3.63, 3.8) is 0 Å². The molecule has 0 fully saturated rings. The molecule has 3 N–H and O–H groups in total. The van der Waals surface area contributed by atoms with E-state index in [1.54, 1.807) is 24.3 Å². The van der Waals surface area contributed by atoms with Crippen LogP contribution in [0.3, 0.4) is 0 Å². The smallest absolute Gasteiger partial charge is 0.163 e. The lowest BCUT2D eigenvalue weighted by atomic mass is 9.99. The lowest BCUT2D eigenvalue weighted by Gasteiger charge is -2.18. The van der Waals surface area contributed by atoms with E-state index < -0.39 is 17.7 Å². The molecule has 0 bridgehead atoms. The molecule has 2 nitrogen and oxygen atoms in total. The predicted octanol–water partition coefficient (Wildman–Crippen LogP) is 3.17. The second kappa shape index (κ2) is 5.44. The van der Waals surface area contributed by atoms with Gasteiger partial charge in [-0.3, -0.25) is 5.84 Å². The number of nitrogens with one attached hydrogen (secondary N) is 1. The maximum atomic E-state index is 13.7. The molecule has 0 aliphatic carbocycles. The molecule has 0 amide bonds. The highest BCUT2D eigenvalue weighted by Crippen LogP contribution is 2.26. The quantitative estimate of drug-likeness (QED) is 0.663. The Labute approximate surface area is 108 Å². The molecule has 0 aromatic heterocycles. The van der Waals surface area contributed by atoms with E-state index >= 15 is 0 Å². The summed E-state index contributed by atoms with van der Waals surface area (Å²) in [6, 6.07) is 10.1. The average Bonchev–Trinajstić information content (AvgIpc) is 2.35. The molecular formula is C13H11ClF2N2. The Morgan fingerprint density at radius 2 is 1.83 bits per heavy atom. The van der Waals surface area contributed by atoms with E-state index in [2.05, 4.69) is 5.43 Å². The van der Waals surface area contributed by atoms with Gasteiger partial charge in [-0.2, -0.15) is 0 Å². The Morgan fingerprint density at radius 1 is 1.11 bits per heavy atom. The SMILES string of the molecule is NNC(c1cccc(Cl)c1)c1cccc(F)c1F. The third-order valence-corrected chi connectivity index (χ3v) is 2.88. The van der Waals surface area contributed by atoms with Crippen LogP contribution >= 0.6 is 11.6 Å². The summed E-state index contributed by atoms with van der Waals surface area (Å²) in [6.45, 7) is 0. The van der Waals surface area contributed by atoms with Crippen LogP contribution < -0.4 is 11.3 Å². The van der Waals surface area contributed by atoms with Gasteiger partial charge in [-0.25, -0.2) is 14.2 Å². The van der Waals surface area contributed by atoms with E-state index in [4.69, 9.17) is 17.4 Å². The van der Waals surface area contributed by atoms with Crippen LogP contribution in [-0.2, 0) is 0 Å². The molecule has 0 radical (unpaired) electrons. The maximum absolute atomic E-state index is 13.7. The molecule has 0 heterocycles. The molecule has 0 aliphatic heterocycles. The Hall–Kier alpha value is -1.49. The van der Waals surface area contributed by atoms with Gasteiger partial charge in [-0.1, -0.05) is 35.9 Å². The van der Waals surface area contributed by atoms with Crippen molar-refractivity contribution in [2.24, 2.45) is 5.84 Å². The van der Waals surface area contributed by atoms with Crippen LogP contribution in [0.2, 0.25) is 5.02 Å². The zero-order valence-corrected chi connectivity index (χ0v) is 10.1. The third-order valence-electron chi connectivity index (χ3n) is 2.64. The van der Waals surface area contributed by atoms with Crippen molar-refractivity contribution in [3.8, 4) is 0 Å². The second-order valence-electron chi connectivity index (χ2n) is 3.80. The van der Waals surface area contributed by atoms with Crippen molar-refractivity contribution >= 4 is 11.6 Å². The first-order valence-corrected chi connectivity index (χ1v) is 5.66. The third kappa shape index (κ3) is 2.51. The minimum atomic E-state index is -0.916. The van der Waals surface area contributed by atoms with Crippen LogP contribution in [-0.4, -0.2) is 0 Å². The Morgan fingerprint density at radius 3 is 2.50 bits per heavy atom. The molecule has 2 rings (SSSR count). The predicted molar refractivity (Wildman–Crippen MR) is 67.0 cm³/mol. The zero-order chi connectivity index (χ0) is 13.1. The molecule has 18 heavy (non-hydrogen) atoms. The Balaban J connectivity index is 2.49. The fraction of sp³-hybridized carbons (Fsp3) is 0.0769. The lowest BCUT2D eigenvalue weighted by molar-refractivity contribution is 0.483. The van der Waals surface area contributed by atoms with Gasteiger partial charge < -0.3 is 0 Å². The van der Waals surface area contributed by atoms with Gasteiger partial charge in [0.2, 0.25) is 0 Å². The van der Waals surface area contributed by atoms with Crippen LogP contribution in [0.5, 0.6) is 0 Å². The van der Waals surface area contributed by atoms with Gasteiger partial charge in [0.25, 0.3) is 0 Å². The van der Waals surface area contributed by atoms with E-state index in [1.807, 2.05) is 0 Å². The number of rotatable bonds is 3. The highest BCUT2D eigenvalue weighted by atomic mass is 35.5. The van der Waals surface area contributed by atoms with Gasteiger partial charge in [0.15, 0.2) is 11.6 Å². The van der Waals surface area contributed by atoms with Crippen LogP contribution in [0.25, 0.3) is 0 Å². The fourth-order valence-corrected chi connectivity index (χ4v) is 1.99. The van der Waals surface area contributed by atoms with Gasteiger partial charge in [0, 0.05) is 10.6 Å². The summed E-state index contributed by atoms with van der Waals surface area (Å²) >= 11 is 5.87. The number of hydrazine groups is 1. The van der Waals surface area contributed by atoms with Crippen molar-refractivity contribution in [1.29, 1.82) is 0 Å². The minimum absolute atomic E-state index is 0.139. The van der Waals surface area contributed by atoms with E-state index in [1.165, 1.54) is 12.1 Å². The number of nitrogens with two attached hydrogens (primary N) is 1. The van der Waals surface area contributed by atoms with Gasteiger partial charge >= 0.3 is 0 Å². The van der Waals surface area contributed by atoms with E-state index in [9.17, 15) is 8.78 Å². The van der Waals surface area contributed by atoms with Crippen molar-refractivity contribution in [1.82, 2.24) is 5.43 Å². The summed E-state index contributed by atoms with van der Waals surface area (Å²) in [5, 5.41) is 0.504. The molecule has 2 aromatic rings. The fourth-order valence-electron chi connectivity index (χ4n) is 1.80. The molecule has 0 aliphatic rings. The number of hydrogen-bond donors (Lipinski definition) is 2. The molecule has 1 atom stereocenters. The Bertz CT molecular complexity index is 560. The minimum Gasteiger partial charge on any atom is -0.271 e. The number of halogens is 3. The molecule has 2 aromatic carbocycles. The van der Waals surface area contributed by atoms with Crippen molar-refractivity contribution in [3.05, 3.63) is 70.2 Å². The molecule has 1 unspecified atom stereocenters. The molecule has 94 valence electrons. The largest absolute Gasteiger partial charge is 0.271 e. The topological polar surface area (TPSA) is 38.0 Å². The van der Waals surface area contributed by atoms with Crippen molar-refractivity contribution in [2.75, 3.05) is 0 Å². The molecule has 5 heteroatoms. The van der Waals surface area contributed by atoms with Crippen molar-refractivity contribution in [2.45, 2.75) is 6.04 Å². The van der Waals surface area contributed by atoms with Gasteiger partial charge in [0.05, 0.1) is 6.04 Å². The van der Waals surface area contributed by atoms with Crippen LogP contribution in [0.15, 0.2) is 42.5 Å². The Kier molecular flexibility index (Phi) is 3.91. The van der Waals surface area contributed by atoms with Gasteiger partial charge in [0.1, 0.15) is 0 Å². The molecular weight excluding hydrogens is 258 g/mol. The summed E-state index contributed by atoms with van der Waals surface area (Å²) in [4.78, 5) is 0. The molecule has 0 saturated carbocycles. The van der Waals surface area contributed by atoms with Crippen molar-refractivity contribution < 1.29 is 8.78 Å².